The van der Waals surface area contributed by atoms with Gasteiger partial charge in [-0.25, -0.2) is 0 Å². The number of aromatic hydroxyl groups is 1. The van der Waals surface area contributed by atoms with Gasteiger partial charge in [-0.2, -0.15) is 0 Å². The molecule has 1 saturated carbocycles. The number of methoxy groups -OCH3 is 1. The van der Waals surface area contributed by atoms with Crippen LogP contribution in [0, 0.1) is 29.6 Å². The molecular formula is C27H28N2O10. The summed E-state index contributed by atoms with van der Waals surface area (Å²) < 4.78 is 5.27. The van der Waals surface area contributed by atoms with Crippen molar-refractivity contribution in [3.8, 4) is 11.5 Å². The molecular weight excluding hydrogens is 512 g/mol. The third kappa shape index (κ3) is 4.23. The Kier molecular flexibility index (Phi) is 6.65. The van der Waals surface area contributed by atoms with Gasteiger partial charge in [0.15, 0.2) is 11.5 Å². The number of fused-ring (bicyclic) bond motifs is 4. The summed E-state index contributed by atoms with van der Waals surface area (Å²) in [5, 5.41) is 28.4. The molecule has 4 amide bonds. The van der Waals surface area contributed by atoms with Gasteiger partial charge in [-0.1, -0.05) is 17.7 Å². The molecule has 6 unspecified atom stereocenters. The second-order valence-electron chi connectivity index (χ2n) is 10.4. The van der Waals surface area contributed by atoms with Crippen LogP contribution < -0.4 is 4.74 Å². The fourth-order valence-corrected chi connectivity index (χ4v) is 6.84. The second-order valence-corrected chi connectivity index (χ2v) is 10.4. The van der Waals surface area contributed by atoms with Gasteiger partial charge < -0.3 is 20.1 Å². The largest absolute Gasteiger partial charge is 0.504 e. The van der Waals surface area contributed by atoms with Crippen molar-refractivity contribution >= 4 is 35.6 Å². The minimum absolute atomic E-state index is 0.120. The maximum atomic E-state index is 13.6. The van der Waals surface area contributed by atoms with Crippen molar-refractivity contribution in [2.45, 2.75) is 31.6 Å². The summed E-state index contributed by atoms with van der Waals surface area (Å²) in [5.74, 6) is -8.60. The summed E-state index contributed by atoms with van der Waals surface area (Å²) in [6, 6.07) is 4.61. The SMILES string of the molecule is COc1cc(C2C3=CCC4C(=O)N(CCC(=O)O)C(=O)C4C3CC3C(=O)N(CCC(=O)O)C(=O)C32)ccc1O. The second kappa shape index (κ2) is 9.83. The number of rotatable bonds is 8. The Morgan fingerprint density at radius 1 is 0.872 bits per heavy atom. The molecule has 1 aromatic carbocycles. The molecule has 12 heteroatoms. The molecule has 5 rings (SSSR count). The number of phenolic OH excluding ortho intramolecular Hbond substituents is 1. The zero-order chi connectivity index (χ0) is 28.2. The number of phenols is 1. The molecule has 39 heavy (non-hydrogen) atoms. The van der Waals surface area contributed by atoms with Crippen molar-refractivity contribution in [2.24, 2.45) is 29.6 Å². The van der Waals surface area contributed by atoms with Crippen LogP contribution in [-0.2, 0) is 28.8 Å². The smallest absolute Gasteiger partial charge is 0.305 e. The van der Waals surface area contributed by atoms with E-state index in [-0.39, 0.29) is 43.9 Å². The minimum atomic E-state index is -1.15. The Bertz CT molecular complexity index is 1320. The number of carboxylic acid groups (broad SMARTS) is 2. The number of likely N-dealkylation sites (tertiary alicyclic amines) is 2. The van der Waals surface area contributed by atoms with E-state index in [1.165, 1.54) is 13.2 Å². The van der Waals surface area contributed by atoms with E-state index in [4.69, 9.17) is 14.9 Å². The van der Waals surface area contributed by atoms with Crippen LogP contribution in [0.1, 0.15) is 37.2 Å². The summed E-state index contributed by atoms with van der Waals surface area (Å²) in [6.45, 7) is -0.519. The lowest BCUT2D eigenvalue weighted by molar-refractivity contribution is -0.145. The predicted octanol–water partition coefficient (Wildman–Crippen LogP) is 0.986. The highest BCUT2D eigenvalue weighted by Gasteiger charge is 2.61. The molecule has 6 atom stereocenters. The molecule has 0 bridgehead atoms. The molecule has 2 aliphatic heterocycles. The molecule has 206 valence electrons. The van der Waals surface area contributed by atoms with E-state index in [0.717, 1.165) is 15.4 Å². The average molecular weight is 541 g/mol. The number of nitrogens with zero attached hydrogens (tertiary/aromatic N) is 2. The summed E-state index contributed by atoms with van der Waals surface area (Å²) in [5.41, 5.74) is 1.31. The van der Waals surface area contributed by atoms with Gasteiger partial charge in [-0.15, -0.1) is 0 Å². The Morgan fingerprint density at radius 2 is 1.46 bits per heavy atom. The van der Waals surface area contributed by atoms with Crippen LogP contribution in [0.25, 0.3) is 0 Å². The van der Waals surface area contributed by atoms with E-state index in [9.17, 15) is 33.9 Å². The van der Waals surface area contributed by atoms with Crippen molar-refractivity contribution in [1.82, 2.24) is 9.80 Å². The molecule has 2 heterocycles. The van der Waals surface area contributed by atoms with Gasteiger partial charge in [-0.05, 0) is 36.5 Å². The van der Waals surface area contributed by atoms with Gasteiger partial charge in [0.25, 0.3) is 0 Å². The van der Waals surface area contributed by atoms with Crippen LogP contribution in [0.5, 0.6) is 11.5 Å². The summed E-state index contributed by atoms with van der Waals surface area (Å²) in [7, 11) is 1.38. The summed E-state index contributed by atoms with van der Waals surface area (Å²) in [4.78, 5) is 77.9. The Morgan fingerprint density at radius 3 is 2.05 bits per heavy atom. The molecule has 3 fully saturated rings. The van der Waals surface area contributed by atoms with Crippen molar-refractivity contribution in [3.05, 3.63) is 35.4 Å². The first-order valence-corrected chi connectivity index (χ1v) is 12.8. The molecule has 4 aliphatic rings. The van der Waals surface area contributed by atoms with Crippen LogP contribution >= 0.6 is 0 Å². The van der Waals surface area contributed by atoms with Crippen molar-refractivity contribution in [2.75, 3.05) is 20.2 Å². The van der Waals surface area contributed by atoms with Crippen LogP contribution in [-0.4, -0.2) is 80.9 Å². The monoisotopic (exact) mass is 540 g/mol. The van der Waals surface area contributed by atoms with Crippen LogP contribution in [0.15, 0.2) is 29.8 Å². The number of imide groups is 2. The number of benzene rings is 1. The number of aliphatic carboxylic acids is 2. The number of ether oxygens (including phenoxy) is 1. The number of carboxylic acids is 2. The maximum absolute atomic E-state index is 13.6. The van der Waals surface area contributed by atoms with Crippen LogP contribution in [0.3, 0.4) is 0 Å². The zero-order valence-corrected chi connectivity index (χ0v) is 21.1. The van der Waals surface area contributed by atoms with E-state index in [0.29, 0.717) is 5.56 Å². The highest BCUT2D eigenvalue weighted by Crippen LogP contribution is 2.58. The van der Waals surface area contributed by atoms with Crippen LogP contribution in [0.4, 0.5) is 0 Å². The van der Waals surface area contributed by atoms with E-state index < -0.39 is 77.5 Å². The standard InChI is InChI=1S/C27H28N2O10/c1-39-18-10-12(2-5-17(18)30)21-13-3-4-14-22(26(37)28(24(14)35)8-6-19(31)32)15(13)11-16-23(21)27(38)29(25(16)36)9-7-20(33)34/h2-3,5,10,14-16,21-23,30H,4,6-9,11H2,1H3,(H,31,32)(H,33,34). The molecule has 2 saturated heterocycles. The normalized spacial score (nSPS) is 29.6. The van der Waals surface area contributed by atoms with Gasteiger partial charge >= 0.3 is 11.9 Å². The fraction of sp³-hybridized carbons (Fsp3) is 0.481. The molecule has 0 aromatic heterocycles. The zero-order valence-electron chi connectivity index (χ0n) is 21.1. The van der Waals surface area contributed by atoms with E-state index in [1.54, 1.807) is 12.1 Å². The Balaban J connectivity index is 1.57. The molecule has 2 aliphatic carbocycles. The number of hydrogen-bond acceptors (Lipinski definition) is 8. The first-order chi connectivity index (χ1) is 18.5. The lowest BCUT2D eigenvalue weighted by atomic mass is 9.57. The summed E-state index contributed by atoms with van der Waals surface area (Å²) >= 11 is 0. The van der Waals surface area contributed by atoms with Crippen molar-refractivity contribution < 1.29 is 48.8 Å². The van der Waals surface area contributed by atoms with Crippen molar-refractivity contribution in [1.29, 1.82) is 0 Å². The molecule has 3 N–H and O–H groups in total. The minimum Gasteiger partial charge on any atom is -0.504 e. The van der Waals surface area contributed by atoms with Gasteiger partial charge in [0.05, 0.1) is 43.6 Å². The van der Waals surface area contributed by atoms with Crippen LogP contribution in [0.2, 0.25) is 0 Å². The highest BCUT2D eigenvalue weighted by molar-refractivity contribution is 6.08. The predicted molar refractivity (Wildman–Crippen MR) is 130 cm³/mol. The molecule has 0 spiro atoms. The van der Waals surface area contributed by atoms with E-state index in [2.05, 4.69) is 0 Å². The third-order valence-electron chi connectivity index (χ3n) is 8.49. The maximum Gasteiger partial charge on any atom is 0.305 e. The number of hydrogen-bond donors (Lipinski definition) is 3. The number of carbonyl (C=O) groups is 6. The first kappa shape index (κ1) is 26.4. The molecule has 1 aromatic rings. The number of carbonyl (C=O) groups excluding carboxylic acids is 4. The first-order valence-electron chi connectivity index (χ1n) is 12.8. The summed E-state index contributed by atoms with van der Waals surface area (Å²) in [6.07, 6.45) is 1.41. The van der Waals surface area contributed by atoms with Gasteiger partial charge in [0, 0.05) is 19.0 Å². The molecule has 0 radical (unpaired) electrons. The molecule has 12 nitrogen and oxygen atoms in total. The van der Waals surface area contributed by atoms with Gasteiger partial charge in [0.2, 0.25) is 23.6 Å². The number of allylic oxidation sites excluding steroid dienone is 2. The third-order valence-corrected chi connectivity index (χ3v) is 8.49. The fourth-order valence-electron chi connectivity index (χ4n) is 6.84. The van der Waals surface area contributed by atoms with Gasteiger partial charge in [-0.3, -0.25) is 38.6 Å². The number of amides is 4. The van der Waals surface area contributed by atoms with E-state index in [1.807, 2.05) is 6.08 Å². The lowest BCUT2D eigenvalue weighted by Crippen LogP contribution is -2.43. The topological polar surface area (TPSA) is 179 Å². The van der Waals surface area contributed by atoms with Gasteiger partial charge in [0.1, 0.15) is 0 Å². The Hall–Kier alpha value is -4.22. The average Bonchev–Trinajstić information content (AvgIpc) is 3.28. The van der Waals surface area contributed by atoms with Crippen molar-refractivity contribution in [3.63, 3.8) is 0 Å². The quantitative estimate of drug-likeness (QED) is 0.318. The lowest BCUT2D eigenvalue weighted by Gasteiger charge is -2.44. The highest BCUT2D eigenvalue weighted by atomic mass is 16.5. The Labute approximate surface area is 222 Å². The van der Waals surface area contributed by atoms with E-state index >= 15 is 0 Å².